The Morgan fingerprint density at radius 3 is 2.56 bits per heavy atom. The molecular weight excluding hydrogens is 211 g/mol. The van der Waals surface area contributed by atoms with Crippen LogP contribution in [0.3, 0.4) is 0 Å². The maximum absolute atomic E-state index is 12.6. The van der Waals surface area contributed by atoms with E-state index in [-0.39, 0.29) is 18.1 Å². The van der Waals surface area contributed by atoms with Gasteiger partial charge < -0.3 is 15.7 Å². The van der Waals surface area contributed by atoms with Gasteiger partial charge in [-0.25, -0.2) is 4.39 Å². The van der Waals surface area contributed by atoms with Gasteiger partial charge in [0.25, 0.3) is 0 Å². The van der Waals surface area contributed by atoms with E-state index in [0.717, 1.165) is 0 Å². The lowest BCUT2D eigenvalue weighted by molar-refractivity contribution is -0.123. The van der Waals surface area contributed by atoms with Crippen molar-refractivity contribution in [1.29, 1.82) is 0 Å². The summed E-state index contributed by atoms with van der Waals surface area (Å²) in [6.45, 7) is 0.869. The molecule has 1 aromatic rings. The molecule has 1 aliphatic rings. The fourth-order valence-electron chi connectivity index (χ4n) is 1.58. The Hall–Kier alpha value is -1.46. The number of nitrogens with one attached hydrogen (secondary N) is 2. The molecule has 4 nitrogen and oxygen atoms in total. The van der Waals surface area contributed by atoms with E-state index >= 15 is 0 Å². The van der Waals surface area contributed by atoms with Crippen molar-refractivity contribution >= 4 is 11.6 Å². The summed E-state index contributed by atoms with van der Waals surface area (Å²) in [7, 11) is 0. The van der Waals surface area contributed by atoms with E-state index in [0.29, 0.717) is 18.8 Å². The molecule has 1 heterocycles. The third-order valence-corrected chi connectivity index (χ3v) is 2.53. The molecule has 0 unspecified atom stereocenters. The lowest BCUT2D eigenvalue weighted by atomic mass is 9.93. The van der Waals surface area contributed by atoms with Crippen molar-refractivity contribution in [3.05, 3.63) is 30.1 Å². The highest BCUT2D eigenvalue weighted by Gasteiger charge is 2.36. The highest BCUT2D eigenvalue weighted by atomic mass is 19.1. The number of hydrogen-bond acceptors (Lipinski definition) is 3. The van der Waals surface area contributed by atoms with E-state index in [1.54, 1.807) is 0 Å². The third-order valence-electron chi connectivity index (χ3n) is 2.53. The zero-order chi connectivity index (χ0) is 11.6. The van der Waals surface area contributed by atoms with E-state index in [9.17, 15) is 14.3 Å². The van der Waals surface area contributed by atoms with E-state index in [4.69, 9.17) is 0 Å². The molecule has 1 amide bonds. The molecule has 5 heteroatoms. The van der Waals surface area contributed by atoms with Crippen LogP contribution in [0.4, 0.5) is 10.1 Å². The topological polar surface area (TPSA) is 61.4 Å². The normalized spacial score (nSPS) is 17.6. The van der Waals surface area contributed by atoms with Crippen LogP contribution in [0.5, 0.6) is 0 Å². The van der Waals surface area contributed by atoms with Gasteiger partial charge in [-0.2, -0.15) is 0 Å². The van der Waals surface area contributed by atoms with Crippen molar-refractivity contribution in [3.63, 3.8) is 0 Å². The van der Waals surface area contributed by atoms with Gasteiger partial charge in [-0.3, -0.25) is 4.79 Å². The summed E-state index contributed by atoms with van der Waals surface area (Å²) in [5.41, 5.74) is -0.397. The molecule has 3 N–H and O–H groups in total. The van der Waals surface area contributed by atoms with Crippen LogP contribution in [-0.2, 0) is 4.79 Å². The van der Waals surface area contributed by atoms with Gasteiger partial charge in [0, 0.05) is 18.8 Å². The highest BCUT2D eigenvalue weighted by molar-refractivity contribution is 5.91. The molecule has 2 rings (SSSR count). The first-order chi connectivity index (χ1) is 7.57. The summed E-state index contributed by atoms with van der Waals surface area (Å²) < 4.78 is 12.6. The second-order valence-corrected chi connectivity index (χ2v) is 4.06. The maximum Gasteiger partial charge on any atom is 0.227 e. The van der Waals surface area contributed by atoms with Crippen molar-refractivity contribution in [2.24, 2.45) is 0 Å². The van der Waals surface area contributed by atoms with Crippen LogP contribution in [0.15, 0.2) is 24.3 Å². The number of amides is 1. The number of anilines is 1. The summed E-state index contributed by atoms with van der Waals surface area (Å²) in [6, 6.07) is 5.51. The van der Waals surface area contributed by atoms with Gasteiger partial charge in [-0.15, -0.1) is 0 Å². The molecule has 1 fully saturated rings. The first-order valence-electron chi connectivity index (χ1n) is 5.06. The molecule has 86 valence electrons. The Morgan fingerprint density at radius 2 is 2.06 bits per heavy atom. The molecule has 1 aliphatic heterocycles. The largest absolute Gasteiger partial charge is 0.387 e. The summed E-state index contributed by atoms with van der Waals surface area (Å²) in [5, 5.41) is 15.2. The molecule has 0 aliphatic carbocycles. The Morgan fingerprint density at radius 1 is 1.44 bits per heavy atom. The van der Waals surface area contributed by atoms with Crippen LogP contribution in [-0.4, -0.2) is 29.7 Å². The molecule has 1 saturated heterocycles. The van der Waals surface area contributed by atoms with Gasteiger partial charge in [0.1, 0.15) is 5.82 Å². The van der Waals surface area contributed by atoms with E-state index in [2.05, 4.69) is 10.6 Å². The standard InChI is InChI=1S/C11H13FN2O2/c12-8-1-3-9(4-2-8)14-10(15)5-11(16)6-13-7-11/h1-4,13,16H,5-7H2,(H,14,15). The highest BCUT2D eigenvalue weighted by Crippen LogP contribution is 2.17. The number of halogens is 1. The van der Waals surface area contributed by atoms with Crippen molar-refractivity contribution in [2.45, 2.75) is 12.0 Å². The summed E-state index contributed by atoms with van der Waals surface area (Å²) >= 11 is 0. The average molecular weight is 224 g/mol. The van der Waals surface area contributed by atoms with Gasteiger partial charge in [0.2, 0.25) is 5.91 Å². The molecule has 0 radical (unpaired) electrons. The number of carbonyl (C=O) groups is 1. The van der Waals surface area contributed by atoms with Gasteiger partial charge in [-0.05, 0) is 24.3 Å². The Bertz CT molecular complexity index is 387. The van der Waals surface area contributed by atoms with Gasteiger partial charge in [0.05, 0.1) is 12.0 Å². The number of aliphatic hydroxyl groups is 1. The average Bonchev–Trinajstić information content (AvgIpc) is 2.19. The number of carbonyl (C=O) groups excluding carboxylic acids is 1. The molecule has 0 aromatic heterocycles. The van der Waals surface area contributed by atoms with Gasteiger partial charge in [0.15, 0.2) is 0 Å². The van der Waals surface area contributed by atoms with Crippen molar-refractivity contribution in [1.82, 2.24) is 5.32 Å². The van der Waals surface area contributed by atoms with Crippen LogP contribution < -0.4 is 10.6 Å². The summed E-state index contributed by atoms with van der Waals surface area (Å²) in [5.74, 6) is -0.615. The minimum absolute atomic E-state index is 0.0530. The number of rotatable bonds is 3. The smallest absolute Gasteiger partial charge is 0.227 e. The van der Waals surface area contributed by atoms with Crippen LogP contribution in [0.25, 0.3) is 0 Å². The lowest BCUT2D eigenvalue weighted by Gasteiger charge is -2.36. The molecule has 0 bridgehead atoms. The van der Waals surface area contributed by atoms with E-state index in [1.165, 1.54) is 24.3 Å². The van der Waals surface area contributed by atoms with Gasteiger partial charge in [-0.1, -0.05) is 0 Å². The zero-order valence-corrected chi connectivity index (χ0v) is 8.66. The quantitative estimate of drug-likeness (QED) is 0.700. The molecule has 0 saturated carbocycles. The molecule has 0 spiro atoms. The summed E-state index contributed by atoms with van der Waals surface area (Å²) in [4.78, 5) is 11.5. The SMILES string of the molecule is O=C(CC1(O)CNC1)Nc1ccc(F)cc1. The predicted molar refractivity (Wildman–Crippen MR) is 57.5 cm³/mol. The van der Waals surface area contributed by atoms with E-state index in [1.807, 2.05) is 0 Å². The number of β-amino-alcohol motifs (C(OH)–C–C–N with tert-alkyl or cyclic N) is 1. The Balaban J connectivity index is 1.89. The van der Waals surface area contributed by atoms with Crippen molar-refractivity contribution in [2.75, 3.05) is 18.4 Å². The number of benzene rings is 1. The van der Waals surface area contributed by atoms with Crippen molar-refractivity contribution in [3.8, 4) is 0 Å². The second kappa shape index (κ2) is 4.19. The Labute approximate surface area is 92.5 Å². The predicted octanol–water partition coefficient (Wildman–Crippen LogP) is 0.489. The van der Waals surface area contributed by atoms with Gasteiger partial charge >= 0.3 is 0 Å². The van der Waals surface area contributed by atoms with Crippen LogP contribution in [0.2, 0.25) is 0 Å². The summed E-state index contributed by atoms with van der Waals surface area (Å²) in [6.07, 6.45) is 0.0530. The first kappa shape index (κ1) is 11.0. The van der Waals surface area contributed by atoms with Crippen molar-refractivity contribution < 1.29 is 14.3 Å². The fourth-order valence-corrected chi connectivity index (χ4v) is 1.58. The monoisotopic (exact) mass is 224 g/mol. The first-order valence-corrected chi connectivity index (χ1v) is 5.06. The van der Waals surface area contributed by atoms with E-state index < -0.39 is 5.60 Å². The molecule has 16 heavy (non-hydrogen) atoms. The minimum atomic E-state index is -0.926. The lowest BCUT2D eigenvalue weighted by Crippen LogP contribution is -2.60. The van der Waals surface area contributed by atoms with Crippen LogP contribution in [0, 0.1) is 5.82 Å². The zero-order valence-electron chi connectivity index (χ0n) is 8.66. The second-order valence-electron chi connectivity index (χ2n) is 4.06. The fraction of sp³-hybridized carbons (Fsp3) is 0.364. The molecule has 0 atom stereocenters. The van der Waals surface area contributed by atoms with Crippen LogP contribution in [0.1, 0.15) is 6.42 Å². The molecule has 1 aromatic carbocycles. The minimum Gasteiger partial charge on any atom is -0.387 e. The molecular formula is C11H13FN2O2. The maximum atomic E-state index is 12.6. The Kier molecular flexibility index (Phi) is 2.89. The van der Waals surface area contributed by atoms with Crippen LogP contribution >= 0.6 is 0 Å². The number of hydrogen-bond donors (Lipinski definition) is 3. The third kappa shape index (κ3) is 2.56.